The summed E-state index contributed by atoms with van der Waals surface area (Å²) in [6, 6.07) is 8.60. The third-order valence-corrected chi connectivity index (χ3v) is 5.03. The lowest BCUT2D eigenvalue weighted by Gasteiger charge is -2.13. The summed E-state index contributed by atoms with van der Waals surface area (Å²) in [5.41, 5.74) is 1.51. The molecule has 3 nitrogen and oxygen atoms in total. The summed E-state index contributed by atoms with van der Waals surface area (Å²) in [7, 11) is -3.00. The van der Waals surface area contributed by atoms with Gasteiger partial charge in [0.05, 0.1) is 5.75 Å². The standard InChI is InChI=1S/C15H18FNO2S2/c1-11(10-21(2,18)19)17-9-12-5-6-14(16)13(8-12)15-4-3-7-20-15/h3-8,11,17H,9-10H2,1-2H3. The Kier molecular flexibility index (Phi) is 5.13. The molecule has 0 bridgehead atoms. The Morgan fingerprint density at radius 2 is 2.10 bits per heavy atom. The molecule has 1 N–H and O–H groups in total. The zero-order chi connectivity index (χ0) is 15.5. The van der Waals surface area contributed by atoms with E-state index < -0.39 is 9.84 Å². The van der Waals surface area contributed by atoms with E-state index in [-0.39, 0.29) is 17.6 Å². The lowest BCUT2D eigenvalue weighted by atomic mass is 10.1. The van der Waals surface area contributed by atoms with Gasteiger partial charge >= 0.3 is 0 Å². The van der Waals surface area contributed by atoms with Gasteiger partial charge in [0.2, 0.25) is 0 Å². The molecule has 0 aliphatic carbocycles. The van der Waals surface area contributed by atoms with Gasteiger partial charge in [-0.3, -0.25) is 0 Å². The van der Waals surface area contributed by atoms with Crippen molar-refractivity contribution >= 4 is 21.2 Å². The molecule has 0 amide bonds. The third kappa shape index (κ3) is 4.91. The largest absolute Gasteiger partial charge is 0.309 e. The van der Waals surface area contributed by atoms with E-state index in [4.69, 9.17) is 0 Å². The van der Waals surface area contributed by atoms with E-state index in [1.54, 1.807) is 12.1 Å². The maximum atomic E-state index is 13.9. The van der Waals surface area contributed by atoms with E-state index in [9.17, 15) is 12.8 Å². The fourth-order valence-corrected chi connectivity index (χ4v) is 3.88. The van der Waals surface area contributed by atoms with Crippen LogP contribution in [0.25, 0.3) is 10.4 Å². The number of benzene rings is 1. The second kappa shape index (κ2) is 6.68. The molecule has 0 aliphatic heterocycles. The van der Waals surface area contributed by atoms with E-state index >= 15 is 0 Å². The molecular weight excluding hydrogens is 309 g/mol. The highest BCUT2D eigenvalue weighted by molar-refractivity contribution is 7.90. The molecule has 114 valence electrons. The molecule has 6 heteroatoms. The maximum Gasteiger partial charge on any atom is 0.148 e. The van der Waals surface area contributed by atoms with Gasteiger partial charge in [-0.25, -0.2) is 12.8 Å². The van der Waals surface area contributed by atoms with Crippen LogP contribution in [0.15, 0.2) is 35.7 Å². The number of thiophene rings is 1. The van der Waals surface area contributed by atoms with E-state index in [1.807, 2.05) is 24.4 Å². The Morgan fingerprint density at radius 1 is 1.33 bits per heavy atom. The monoisotopic (exact) mass is 327 g/mol. The van der Waals surface area contributed by atoms with Gasteiger partial charge in [-0.2, -0.15) is 0 Å². The Hall–Kier alpha value is -1.24. The average molecular weight is 327 g/mol. The first-order valence-corrected chi connectivity index (χ1v) is 9.52. The first-order valence-electron chi connectivity index (χ1n) is 6.58. The van der Waals surface area contributed by atoms with Gasteiger partial charge in [0.25, 0.3) is 0 Å². The van der Waals surface area contributed by atoms with Crippen LogP contribution in [0.2, 0.25) is 0 Å². The first-order chi connectivity index (χ1) is 9.85. The van der Waals surface area contributed by atoms with Crippen molar-refractivity contribution in [3.8, 4) is 10.4 Å². The van der Waals surface area contributed by atoms with Crippen molar-refractivity contribution in [3.05, 3.63) is 47.1 Å². The van der Waals surface area contributed by atoms with E-state index in [0.29, 0.717) is 12.1 Å². The zero-order valence-electron chi connectivity index (χ0n) is 12.0. The van der Waals surface area contributed by atoms with Crippen molar-refractivity contribution < 1.29 is 12.8 Å². The van der Waals surface area contributed by atoms with Gasteiger partial charge < -0.3 is 5.32 Å². The van der Waals surface area contributed by atoms with Crippen molar-refractivity contribution in [3.63, 3.8) is 0 Å². The minimum absolute atomic E-state index is 0.0893. The van der Waals surface area contributed by atoms with Crippen LogP contribution in [0.4, 0.5) is 4.39 Å². The van der Waals surface area contributed by atoms with Crippen molar-refractivity contribution in [2.45, 2.75) is 19.5 Å². The molecule has 1 atom stereocenters. The van der Waals surface area contributed by atoms with Crippen molar-refractivity contribution in [2.75, 3.05) is 12.0 Å². The number of rotatable bonds is 6. The fraction of sp³-hybridized carbons (Fsp3) is 0.333. The van der Waals surface area contributed by atoms with Gasteiger partial charge in [-0.15, -0.1) is 11.3 Å². The van der Waals surface area contributed by atoms with E-state index in [1.165, 1.54) is 23.7 Å². The van der Waals surface area contributed by atoms with E-state index in [2.05, 4.69) is 5.32 Å². The van der Waals surface area contributed by atoms with Gasteiger partial charge in [0.15, 0.2) is 0 Å². The molecule has 2 aromatic rings. The van der Waals surface area contributed by atoms with Crippen molar-refractivity contribution in [1.29, 1.82) is 0 Å². The normalized spacial score (nSPS) is 13.3. The number of hydrogen-bond donors (Lipinski definition) is 1. The molecule has 21 heavy (non-hydrogen) atoms. The van der Waals surface area contributed by atoms with E-state index in [0.717, 1.165) is 10.4 Å². The molecule has 2 rings (SSSR count). The maximum absolute atomic E-state index is 13.9. The second-order valence-corrected chi connectivity index (χ2v) is 8.30. The second-order valence-electron chi connectivity index (χ2n) is 5.17. The lowest BCUT2D eigenvalue weighted by molar-refractivity contribution is 0.559. The molecule has 0 spiro atoms. The smallest absolute Gasteiger partial charge is 0.148 e. The van der Waals surface area contributed by atoms with Crippen LogP contribution < -0.4 is 5.32 Å². The van der Waals surface area contributed by atoms with Crippen LogP contribution in [-0.4, -0.2) is 26.5 Å². The predicted octanol–water partition coefficient (Wildman–Crippen LogP) is 3.08. The Morgan fingerprint density at radius 3 is 2.71 bits per heavy atom. The van der Waals surface area contributed by atoms with Gasteiger partial charge in [-0.05, 0) is 36.1 Å². The number of halogens is 1. The minimum atomic E-state index is -3.00. The minimum Gasteiger partial charge on any atom is -0.309 e. The highest BCUT2D eigenvalue weighted by atomic mass is 32.2. The first kappa shape index (κ1) is 16.1. The summed E-state index contributed by atoms with van der Waals surface area (Å²) in [5, 5.41) is 5.06. The molecule has 1 aromatic heterocycles. The molecule has 0 saturated heterocycles. The highest BCUT2D eigenvalue weighted by Gasteiger charge is 2.11. The zero-order valence-corrected chi connectivity index (χ0v) is 13.6. The molecule has 1 unspecified atom stereocenters. The molecule has 1 aromatic carbocycles. The van der Waals surface area contributed by atoms with Crippen LogP contribution in [0, 0.1) is 5.82 Å². The molecular formula is C15H18FNO2S2. The topological polar surface area (TPSA) is 46.2 Å². The number of sulfone groups is 1. The summed E-state index contributed by atoms with van der Waals surface area (Å²) >= 11 is 1.49. The Labute approximate surface area is 128 Å². The van der Waals surface area contributed by atoms with Crippen LogP contribution in [-0.2, 0) is 16.4 Å². The van der Waals surface area contributed by atoms with Crippen molar-refractivity contribution in [2.24, 2.45) is 0 Å². The molecule has 0 aliphatic rings. The lowest BCUT2D eigenvalue weighted by Crippen LogP contribution is -2.32. The van der Waals surface area contributed by atoms with Gasteiger partial charge in [-0.1, -0.05) is 12.1 Å². The van der Waals surface area contributed by atoms with Crippen LogP contribution in [0.1, 0.15) is 12.5 Å². The summed E-state index contributed by atoms with van der Waals surface area (Å²) < 4.78 is 36.3. The van der Waals surface area contributed by atoms with Crippen molar-refractivity contribution in [1.82, 2.24) is 5.32 Å². The van der Waals surface area contributed by atoms with Gasteiger partial charge in [0.1, 0.15) is 15.7 Å². The molecule has 0 saturated carbocycles. The Balaban J connectivity index is 2.07. The van der Waals surface area contributed by atoms with Gasteiger partial charge in [0, 0.05) is 29.3 Å². The summed E-state index contributed by atoms with van der Waals surface area (Å²) in [6.45, 7) is 2.33. The van der Waals surface area contributed by atoms with Crippen LogP contribution in [0.3, 0.4) is 0 Å². The number of hydrogen-bond acceptors (Lipinski definition) is 4. The third-order valence-electron chi connectivity index (χ3n) is 3.02. The average Bonchev–Trinajstić information content (AvgIpc) is 2.89. The van der Waals surface area contributed by atoms with Crippen LogP contribution in [0.5, 0.6) is 0 Å². The summed E-state index contributed by atoms with van der Waals surface area (Å²) in [4.78, 5) is 0.888. The predicted molar refractivity (Wildman–Crippen MR) is 85.7 cm³/mol. The molecule has 0 radical (unpaired) electrons. The highest BCUT2D eigenvalue weighted by Crippen LogP contribution is 2.28. The van der Waals surface area contributed by atoms with Crippen LogP contribution >= 0.6 is 11.3 Å². The summed E-state index contributed by atoms with van der Waals surface area (Å²) in [6.07, 6.45) is 1.22. The SMILES string of the molecule is CC(CS(C)(=O)=O)NCc1ccc(F)c(-c2cccs2)c1. The number of nitrogens with one attached hydrogen (secondary N) is 1. The molecule has 1 heterocycles. The Bertz CT molecular complexity index is 696. The fourth-order valence-electron chi connectivity index (χ4n) is 2.11. The summed E-state index contributed by atoms with van der Waals surface area (Å²) in [5.74, 6) is -0.156. The quantitative estimate of drug-likeness (QED) is 0.887. The molecule has 0 fully saturated rings.